The number of hydrogen-bond donors (Lipinski definition) is 5. The summed E-state index contributed by atoms with van der Waals surface area (Å²) in [6, 6.07) is 0. The third kappa shape index (κ3) is 49.0. The fourth-order valence-electron chi connectivity index (χ4n) is 0.384. The van der Waals surface area contributed by atoms with Crippen molar-refractivity contribution in [3.05, 3.63) is 0 Å². The first-order valence-electron chi connectivity index (χ1n) is 5.22. The van der Waals surface area contributed by atoms with Gasteiger partial charge in [0.15, 0.2) is 0 Å². The molecule has 0 aromatic carbocycles. The van der Waals surface area contributed by atoms with Crippen LogP contribution in [0.25, 0.3) is 0 Å². The standard InChI is InChI=1S/C6H14O2.2C2H6O2/c1-6(2)5-8-4-3-7;2*3-1-2-4/h6-7H,3-5H2,1-2H3;2*3-4H,1-2H2. The molecule has 0 unspecified atom stereocenters. The zero-order chi connectivity index (χ0) is 13.2. The van der Waals surface area contributed by atoms with E-state index in [1.54, 1.807) is 0 Å². The van der Waals surface area contributed by atoms with Crippen LogP contribution in [0.4, 0.5) is 0 Å². The van der Waals surface area contributed by atoms with Gasteiger partial charge in [-0.25, -0.2) is 0 Å². The summed E-state index contributed by atoms with van der Waals surface area (Å²) in [6.45, 7) is 5.01. The lowest BCUT2D eigenvalue weighted by atomic mass is 10.2. The van der Waals surface area contributed by atoms with E-state index in [0.717, 1.165) is 6.61 Å². The normalized spacial score (nSPS) is 9.00. The van der Waals surface area contributed by atoms with Crippen LogP contribution in [0.1, 0.15) is 13.8 Å². The molecule has 0 heterocycles. The molecule has 0 amide bonds. The molecule has 0 saturated heterocycles. The SMILES string of the molecule is CC(C)COCCO.OCCO.OCCO. The Labute approximate surface area is 97.1 Å². The van der Waals surface area contributed by atoms with Gasteiger partial charge in [-0.15, -0.1) is 0 Å². The van der Waals surface area contributed by atoms with E-state index >= 15 is 0 Å². The number of aliphatic hydroxyl groups is 5. The minimum absolute atomic E-state index is 0.125. The van der Waals surface area contributed by atoms with Crippen molar-refractivity contribution < 1.29 is 30.3 Å². The summed E-state index contributed by atoms with van der Waals surface area (Å²) >= 11 is 0. The molecule has 0 fully saturated rings. The third-order valence-corrected chi connectivity index (χ3v) is 0.887. The summed E-state index contributed by atoms with van der Waals surface area (Å²) < 4.78 is 4.99. The number of ether oxygens (including phenoxy) is 1. The van der Waals surface area contributed by atoms with Gasteiger partial charge < -0.3 is 30.3 Å². The van der Waals surface area contributed by atoms with Crippen molar-refractivity contribution in [1.82, 2.24) is 0 Å². The molecule has 0 saturated carbocycles. The third-order valence-electron chi connectivity index (χ3n) is 0.887. The van der Waals surface area contributed by atoms with Crippen molar-refractivity contribution in [2.45, 2.75) is 13.8 Å². The van der Waals surface area contributed by atoms with E-state index in [1.165, 1.54) is 0 Å². The number of aliphatic hydroxyl groups excluding tert-OH is 5. The average molecular weight is 242 g/mol. The van der Waals surface area contributed by atoms with Crippen molar-refractivity contribution >= 4 is 0 Å². The second-order valence-electron chi connectivity index (χ2n) is 3.09. The minimum atomic E-state index is -0.125. The highest BCUT2D eigenvalue weighted by Crippen LogP contribution is 1.90. The van der Waals surface area contributed by atoms with E-state index < -0.39 is 0 Å². The average Bonchev–Trinajstić information content (AvgIpc) is 2.30. The first kappa shape index (κ1) is 21.1. The number of hydrogen-bond acceptors (Lipinski definition) is 6. The van der Waals surface area contributed by atoms with Crippen molar-refractivity contribution in [1.29, 1.82) is 0 Å². The van der Waals surface area contributed by atoms with Gasteiger partial charge in [-0.1, -0.05) is 13.8 Å². The topological polar surface area (TPSA) is 110 Å². The molecule has 0 atom stereocenters. The Morgan fingerprint density at radius 1 is 0.750 bits per heavy atom. The predicted molar refractivity (Wildman–Crippen MR) is 61.1 cm³/mol. The van der Waals surface area contributed by atoms with Crippen molar-refractivity contribution in [2.75, 3.05) is 46.2 Å². The Balaban J connectivity index is -0.000000179. The predicted octanol–water partition coefficient (Wildman–Crippen LogP) is -1.41. The summed E-state index contributed by atoms with van der Waals surface area (Å²) in [5.74, 6) is 0.571. The highest BCUT2D eigenvalue weighted by Gasteiger charge is 1.90. The fourth-order valence-corrected chi connectivity index (χ4v) is 0.384. The Morgan fingerprint density at radius 3 is 1.31 bits per heavy atom. The Bertz CT molecular complexity index is 81.4. The quantitative estimate of drug-likeness (QED) is 0.366. The second kappa shape index (κ2) is 24.1. The molecule has 0 aliphatic rings. The molecule has 102 valence electrons. The zero-order valence-electron chi connectivity index (χ0n) is 10.2. The summed E-state index contributed by atoms with van der Waals surface area (Å²) in [7, 11) is 0. The molecule has 0 aromatic heterocycles. The lowest BCUT2D eigenvalue weighted by Crippen LogP contribution is -2.05. The van der Waals surface area contributed by atoms with Gasteiger partial charge >= 0.3 is 0 Å². The van der Waals surface area contributed by atoms with Gasteiger partial charge in [0.25, 0.3) is 0 Å². The van der Waals surface area contributed by atoms with Crippen molar-refractivity contribution in [2.24, 2.45) is 5.92 Å². The van der Waals surface area contributed by atoms with E-state index in [0.29, 0.717) is 12.5 Å². The second-order valence-corrected chi connectivity index (χ2v) is 3.09. The first-order chi connectivity index (χ1) is 7.60. The van der Waals surface area contributed by atoms with Gasteiger partial charge in [0.1, 0.15) is 0 Å². The number of rotatable bonds is 6. The summed E-state index contributed by atoms with van der Waals surface area (Å²) in [6.07, 6.45) is 0. The Kier molecular flexibility index (Phi) is 31.8. The summed E-state index contributed by atoms with van der Waals surface area (Å²) in [5.41, 5.74) is 0. The molecule has 6 nitrogen and oxygen atoms in total. The maximum Gasteiger partial charge on any atom is 0.0697 e. The van der Waals surface area contributed by atoms with Gasteiger partial charge in [-0.3, -0.25) is 0 Å². The molecule has 0 aliphatic heterocycles. The molecular weight excluding hydrogens is 216 g/mol. The van der Waals surface area contributed by atoms with Gasteiger partial charge in [-0.2, -0.15) is 0 Å². The maximum absolute atomic E-state index is 8.25. The van der Waals surface area contributed by atoms with E-state index in [4.69, 9.17) is 30.3 Å². The molecule has 0 aliphatic carbocycles. The minimum Gasteiger partial charge on any atom is -0.394 e. The molecule has 6 heteroatoms. The Morgan fingerprint density at radius 2 is 1.12 bits per heavy atom. The van der Waals surface area contributed by atoms with Crippen LogP contribution in [0.3, 0.4) is 0 Å². The van der Waals surface area contributed by atoms with Gasteiger partial charge in [0.05, 0.1) is 39.6 Å². The van der Waals surface area contributed by atoms with Crippen LogP contribution in [0.5, 0.6) is 0 Å². The molecule has 0 bridgehead atoms. The van der Waals surface area contributed by atoms with Crippen molar-refractivity contribution in [3.63, 3.8) is 0 Å². The van der Waals surface area contributed by atoms with Crippen LogP contribution in [-0.4, -0.2) is 71.8 Å². The van der Waals surface area contributed by atoms with Gasteiger partial charge in [-0.05, 0) is 5.92 Å². The summed E-state index contributed by atoms with van der Waals surface area (Å²) in [4.78, 5) is 0. The first-order valence-corrected chi connectivity index (χ1v) is 5.22. The van der Waals surface area contributed by atoms with Crippen LogP contribution < -0.4 is 0 Å². The molecule has 5 N–H and O–H groups in total. The molecule has 16 heavy (non-hydrogen) atoms. The van der Waals surface area contributed by atoms with Crippen LogP contribution >= 0.6 is 0 Å². The monoisotopic (exact) mass is 242 g/mol. The highest BCUT2D eigenvalue weighted by molar-refractivity contribution is 4.38. The lowest BCUT2D eigenvalue weighted by Gasteiger charge is -2.03. The molecular formula is C10H26O6. The van der Waals surface area contributed by atoms with E-state index in [2.05, 4.69) is 13.8 Å². The highest BCUT2D eigenvalue weighted by atomic mass is 16.5. The largest absolute Gasteiger partial charge is 0.394 e. The van der Waals surface area contributed by atoms with Crippen molar-refractivity contribution in [3.8, 4) is 0 Å². The molecule has 0 spiro atoms. The van der Waals surface area contributed by atoms with E-state index in [9.17, 15) is 0 Å². The van der Waals surface area contributed by atoms with Crippen LogP contribution in [0.2, 0.25) is 0 Å². The molecule has 0 radical (unpaired) electrons. The zero-order valence-corrected chi connectivity index (χ0v) is 10.2. The lowest BCUT2D eigenvalue weighted by molar-refractivity contribution is 0.0752. The van der Waals surface area contributed by atoms with E-state index in [-0.39, 0.29) is 33.0 Å². The maximum atomic E-state index is 8.25. The van der Waals surface area contributed by atoms with Gasteiger partial charge in [0, 0.05) is 6.61 Å². The Hall–Kier alpha value is -0.240. The molecule has 0 aromatic rings. The molecule has 0 rings (SSSR count). The fraction of sp³-hybridized carbons (Fsp3) is 1.00. The van der Waals surface area contributed by atoms with Gasteiger partial charge in [0.2, 0.25) is 0 Å². The van der Waals surface area contributed by atoms with E-state index in [1.807, 2.05) is 0 Å². The summed E-state index contributed by atoms with van der Waals surface area (Å²) in [5, 5.41) is 38.8. The van der Waals surface area contributed by atoms with Crippen LogP contribution in [-0.2, 0) is 4.74 Å². The van der Waals surface area contributed by atoms with Crippen LogP contribution in [0.15, 0.2) is 0 Å². The van der Waals surface area contributed by atoms with Crippen LogP contribution in [0, 0.1) is 5.92 Å². The smallest absolute Gasteiger partial charge is 0.0697 e.